The van der Waals surface area contributed by atoms with Crippen molar-refractivity contribution in [3.63, 3.8) is 0 Å². The zero-order valence-electron chi connectivity index (χ0n) is 18.1. The van der Waals surface area contributed by atoms with Gasteiger partial charge in [0.2, 0.25) is 15.9 Å². The summed E-state index contributed by atoms with van der Waals surface area (Å²) in [6.45, 7) is 5.94. The van der Waals surface area contributed by atoms with E-state index in [1.165, 1.54) is 17.7 Å². The fraction of sp³-hybridized carbons (Fsp3) is 0.455. The van der Waals surface area contributed by atoms with Gasteiger partial charge in [-0.15, -0.1) is 0 Å². The summed E-state index contributed by atoms with van der Waals surface area (Å²) in [4.78, 5) is 20.9. The summed E-state index contributed by atoms with van der Waals surface area (Å²) in [6, 6.07) is 7.58. The predicted molar refractivity (Wildman–Crippen MR) is 118 cm³/mol. The maximum absolute atomic E-state index is 12.9. The Morgan fingerprint density at radius 3 is 2.47 bits per heavy atom. The van der Waals surface area contributed by atoms with Crippen molar-refractivity contribution in [1.29, 1.82) is 0 Å². The smallest absolute Gasteiger partial charge is 0.241 e. The Balaban J connectivity index is 1.34. The highest BCUT2D eigenvalue weighted by molar-refractivity contribution is 7.89. The molecule has 9 nitrogen and oxygen atoms in total. The largest absolute Gasteiger partial charge is 0.490 e. The Bertz CT molecular complexity index is 1040. The van der Waals surface area contributed by atoms with Crippen LogP contribution < -0.4 is 14.2 Å². The third-order valence-electron chi connectivity index (χ3n) is 5.57. The minimum atomic E-state index is -3.89. The van der Waals surface area contributed by atoms with E-state index < -0.39 is 16.1 Å². The molecule has 0 radical (unpaired) electrons. The minimum Gasteiger partial charge on any atom is -0.490 e. The summed E-state index contributed by atoms with van der Waals surface area (Å²) in [6.07, 6.45) is 4.27. The monoisotopic (exact) mass is 460 g/mol. The van der Waals surface area contributed by atoms with Crippen LogP contribution in [-0.2, 0) is 21.4 Å². The van der Waals surface area contributed by atoms with Gasteiger partial charge >= 0.3 is 0 Å². The number of benzene rings is 1. The average Bonchev–Trinajstić information content (AvgIpc) is 3.04. The van der Waals surface area contributed by atoms with Crippen LogP contribution in [0.4, 0.5) is 0 Å². The number of carbonyl (C=O) groups excluding carboxylic acids is 1. The Morgan fingerprint density at radius 2 is 1.75 bits per heavy atom. The molecule has 2 aliphatic heterocycles. The molecule has 1 aromatic heterocycles. The maximum atomic E-state index is 12.9. The molecule has 10 heteroatoms. The normalized spacial score (nSPS) is 18.1. The van der Waals surface area contributed by atoms with Crippen molar-refractivity contribution in [2.45, 2.75) is 30.8 Å². The lowest BCUT2D eigenvalue weighted by Gasteiger charge is -2.36. The Labute approximate surface area is 188 Å². The fourth-order valence-corrected chi connectivity index (χ4v) is 5.02. The molecule has 0 spiro atoms. The molecule has 0 aliphatic carbocycles. The molecule has 172 valence electrons. The van der Waals surface area contributed by atoms with Gasteiger partial charge < -0.3 is 14.4 Å². The van der Waals surface area contributed by atoms with Gasteiger partial charge in [-0.2, -0.15) is 4.72 Å². The molecule has 3 heterocycles. The van der Waals surface area contributed by atoms with E-state index in [-0.39, 0.29) is 10.8 Å². The van der Waals surface area contributed by atoms with Crippen LogP contribution in [0.15, 0.2) is 47.6 Å². The Morgan fingerprint density at radius 1 is 1.06 bits per heavy atom. The maximum Gasteiger partial charge on any atom is 0.241 e. The summed E-state index contributed by atoms with van der Waals surface area (Å²) >= 11 is 0. The third-order valence-corrected chi connectivity index (χ3v) is 7.11. The number of ether oxygens (including phenoxy) is 2. The van der Waals surface area contributed by atoms with Crippen LogP contribution in [0.3, 0.4) is 0 Å². The molecule has 1 aromatic carbocycles. The highest BCUT2D eigenvalue weighted by atomic mass is 32.2. The molecule has 1 unspecified atom stereocenters. The summed E-state index contributed by atoms with van der Waals surface area (Å²) in [5.74, 6) is 0.691. The molecule has 1 atom stereocenters. The molecule has 32 heavy (non-hydrogen) atoms. The number of aromatic nitrogens is 1. The van der Waals surface area contributed by atoms with Crippen LogP contribution in [0.1, 0.15) is 18.9 Å². The van der Waals surface area contributed by atoms with Crippen molar-refractivity contribution in [3.8, 4) is 11.5 Å². The number of hydrogen-bond donors (Lipinski definition) is 1. The molecule has 0 saturated carbocycles. The Hall–Kier alpha value is -2.69. The quantitative estimate of drug-likeness (QED) is 0.692. The van der Waals surface area contributed by atoms with E-state index in [0.29, 0.717) is 37.8 Å². The van der Waals surface area contributed by atoms with E-state index in [4.69, 9.17) is 9.47 Å². The molecule has 2 aliphatic rings. The van der Waals surface area contributed by atoms with Gasteiger partial charge in [-0.25, -0.2) is 8.42 Å². The number of piperazine rings is 1. The average molecular weight is 461 g/mol. The van der Waals surface area contributed by atoms with Crippen LogP contribution in [0.5, 0.6) is 11.5 Å². The number of carbonyl (C=O) groups is 1. The number of nitrogens with one attached hydrogen (secondary N) is 1. The standard InChI is InChI=1S/C22H28N4O5S/c1-17(22(27)26-11-9-25(10-12-26)16-18-5-7-23-8-6-18)24-32(28,29)19-3-4-20-21(15-19)31-14-2-13-30-20/h3-8,15,17,24H,2,9-14,16H2,1H3. The zero-order valence-corrected chi connectivity index (χ0v) is 18.9. The number of nitrogens with zero attached hydrogens (tertiary/aromatic N) is 3. The third kappa shape index (κ3) is 5.37. The highest BCUT2D eigenvalue weighted by Crippen LogP contribution is 2.31. The van der Waals surface area contributed by atoms with Crippen LogP contribution in [0.2, 0.25) is 0 Å². The molecule has 4 rings (SSSR count). The first kappa shape index (κ1) is 22.5. The molecule has 1 fully saturated rings. The van der Waals surface area contributed by atoms with Crippen LogP contribution >= 0.6 is 0 Å². The van der Waals surface area contributed by atoms with Gasteiger partial charge in [0.05, 0.1) is 24.2 Å². The van der Waals surface area contributed by atoms with Gasteiger partial charge in [0.25, 0.3) is 0 Å². The molecule has 1 N–H and O–H groups in total. The first-order chi connectivity index (χ1) is 15.4. The van der Waals surface area contributed by atoms with Crippen LogP contribution in [0, 0.1) is 0 Å². The van der Waals surface area contributed by atoms with Crippen molar-refractivity contribution < 1.29 is 22.7 Å². The Kier molecular flexibility index (Phi) is 6.92. The van der Waals surface area contributed by atoms with Gasteiger partial charge in [0.15, 0.2) is 11.5 Å². The number of fused-ring (bicyclic) bond motifs is 1. The van der Waals surface area contributed by atoms with Crippen LogP contribution in [-0.4, -0.2) is 74.5 Å². The minimum absolute atomic E-state index is 0.0450. The lowest BCUT2D eigenvalue weighted by molar-refractivity contribution is -0.134. The van der Waals surface area contributed by atoms with E-state index in [0.717, 1.165) is 26.1 Å². The van der Waals surface area contributed by atoms with E-state index >= 15 is 0 Å². The molecule has 0 bridgehead atoms. The van der Waals surface area contributed by atoms with Crippen molar-refractivity contribution in [2.75, 3.05) is 39.4 Å². The number of rotatable bonds is 6. The highest BCUT2D eigenvalue weighted by Gasteiger charge is 2.29. The van der Waals surface area contributed by atoms with Gasteiger partial charge in [0, 0.05) is 57.6 Å². The number of pyridine rings is 1. The first-order valence-corrected chi connectivity index (χ1v) is 12.2. The lowest BCUT2D eigenvalue weighted by Crippen LogP contribution is -2.53. The number of sulfonamides is 1. The molecule has 1 saturated heterocycles. The zero-order chi connectivity index (χ0) is 22.6. The summed E-state index contributed by atoms with van der Waals surface area (Å²) < 4.78 is 39.4. The van der Waals surface area contributed by atoms with Gasteiger partial charge in [-0.05, 0) is 36.8 Å². The molecular weight excluding hydrogens is 432 g/mol. The van der Waals surface area contributed by atoms with Gasteiger partial charge in [-0.3, -0.25) is 14.7 Å². The van der Waals surface area contributed by atoms with Crippen molar-refractivity contribution in [3.05, 3.63) is 48.3 Å². The second kappa shape index (κ2) is 9.85. The summed E-state index contributed by atoms with van der Waals surface area (Å²) in [5, 5.41) is 0. The van der Waals surface area contributed by atoms with Crippen molar-refractivity contribution in [1.82, 2.24) is 19.5 Å². The van der Waals surface area contributed by atoms with E-state index in [9.17, 15) is 13.2 Å². The topological polar surface area (TPSA) is 101 Å². The molecular formula is C22H28N4O5S. The van der Waals surface area contributed by atoms with Crippen LogP contribution in [0.25, 0.3) is 0 Å². The first-order valence-electron chi connectivity index (χ1n) is 10.7. The molecule has 1 amide bonds. The fourth-order valence-electron chi connectivity index (χ4n) is 3.81. The van der Waals surface area contributed by atoms with Gasteiger partial charge in [0.1, 0.15) is 0 Å². The number of amides is 1. The lowest BCUT2D eigenvalue weighted by atomic mass is 10.2. The van der Waals surface area contributed by atoms with E-state index in [1.807, 2.05) is 12.1 Å². The van der Waals surface area contributed by atoms with Gasteiger partial charge in [-0.1, -0.05) is 0 Å². The van der Waals surface area contributed by atoms with Crippen molar-refractivity contribution in [2.24, 2.45) is 0 Å². The summed E-state index contributed by atoms with van der Waals surface area (Å²) in [5.41, 5.74) is 1.18. The second-order valence-electron chi connectivity index (χ2n) is 7.96. The van der Waals surface area contributed by atoms with Crippen molar-refractivity contribution >= 4 is 15.9 Å². The summed E-state index contributed by atoms with van der Waals surface area (Å²) in [7, 11) is -3.89. The predicted octanol–water partition coefficient (Wildman–Crippen LogP) is 1.25. The molecule has 2 aromatic rings. The number of hydrogen-bond acceptors (Lipinski definition) is 7. The SMILES string of the molecule is CC(NS(=O)(=O)c1ccc2c(c1)OCCCO2)C(=O)N1CCN(Cc2ccncc2)CC1. The van der Waals surface area contributed by atoms with E-state index in [2.05, 4.69) is 14.6 Å². The second-order valence-corrected chi connectivity index (χ2v) is 9.67. The van der Waals surface area contributed by atoms with E-state index in [1.54, 1.807) is 30.3 Å².